The summed E-state index contributed by atoms with van der Waals surface area (Å²) in [5.41, 5.74) is 0.539. The first-order valence-electron chi connectivity index (χ1n) is 6.65. The lowest BCUT2D eigenvalue weighted by Crippen LogP contribution is -2.27. The molecule has 9 heteroatoms. The van der Waals surface area contributed by atoms with Gasteiger partial charge in [0.25, 0.3) is 0 Å². The van der Waals surface area contributed by atoms with Crippen molar-refractivity contribution in [2.75, 3.05) is 11.4 Å². The van der Waals surface area contributed by atoms with Crippen molar-refractivity contribution in [3.8, 4) is 0 Å². The highest BCUT2D eigenvalue weighted by atomic mass is 35.5. The molecule has 0 radical (unpaired) electrons. The van der Waals surface area contributed by atoms with E-state index in [0.29, 0.717) is 0 Å². The van der Waals surface area contributed by atoms with Gasteiger partial charge < -0.3 is 10.0 Å². The van der Waals surface area contributed by atoms with Crippen molar-refractivity contribution in [1.29, 1.82) is 0 Å². The van der Waals surface area contributed by atoms with E-state index in [1.165, 1.54) is 4.90 Å². The Morgan fingerprint density at radius 1 is 1.35 bits per heavy atom. The molecule has 120 valence electrons. The molecule has 0 unspecified atom stereocenters. The number of hydrogen-bond acceptors (Lipinski definition) is 6. The van der Waals surface area contributed by atoms with Gasteiger partial charge in [0.15, 0.2) is 0 Å². The number of hydrogen-bond donors (Lipinski definition) is 1. The van der Waals surface area contributed by atoms with Crippen LogP contribution in [0.4, 0.5) is 11.5 Å². The molecule has 0 amide bonds. The highest BCUT2D eigenvalue weighted by molar-refractivity contribution is 6.28. The molecule has 0 aliphatic heterocycles. The Labute approximate surface area is 136 Å². The number of benzene rings is 1. The molecule has 0 aliphatic rings. The van der Waals surface area contributed by atoms with Gasteiger partial charge in [-0.1, -0.05) is 30.3 Å². The molecule has 23 heavy (non-hydrogen) atoms. The monoisotopic (exact) mass is 336 g/mol. The summed E-state index contributed by atoms with van der Waals surface area (Å²) >= 11 is 5.74. The van der Waals surface area contributed by atoms with E-state index in [1.807, 2.05) is 30.3 Å². The first-order chi connectivity index (χ1) is 11.0. The Bertz CT molecular complexity index is 711. The lowest BCUT2D eigenvalue weighted by atomic mass is 10.2. The Balaban J connectivity index is 2.38. The van der Waals surface area contributed by atoms with Crippen molar-refractivity contribution < 1.29 is 14.8 Å². The van der Waals surface area contributed by atoms with Crippen LogP contribution in [-0.4, -0.2) is 32.5 Å². The van der Waals surface area contributed by atoms with Gasteiger partial charge in [0.05, 0.1) is 11.3 Å². The van der Waals surface area contributed by atoms with E-state index in [4.69, 9.17) is 16.7 Å². The summed E-state index contributed by atoms with van der Waals surface area (Å²) in [5.74, 6) is -1.01. The zero-order chi connectivity index (χ0) is 16.8. The van der Waals surface area contributed by atoms with Gasteiger partial charge in [-0.05, 0) is 17.2 Å². The first-order valence-corrected chi connectivity index (χ1v) is 7.02. The van der Waals surface area contributed by atoms with Gasteiger partial charge in [-0.3, -0.25) is 14.9 Å². The SMILES string of the molecule is O=C(O)CCN(Cc1ccccc1)c1nc(Cl)ncc1[N+](=O)[O-]. The number of carboxylic acids is 1. The Kier molecular flexibility index (Phi) is 5.42. The van der Waals surface area contributed by atoms with Crippen LogP contribution in [0.15, 0.2) is 36.5 Å². The number of aromatic nitrogens is 2. The number of halogens is 1. The zero-order valence-electron chi connectivity index (χ0n) is 11.9. The number of nitrogens with zero attached hydrogens (tertiary/aromatic N) is 4. The molecule has 0 spiro atoms. The smallest absolute Gasteiger partial charge is 0.329 e. The zero-order valence-corrected chi connectivity index (χ0v) is 12.7. The van der Waals surface area contributed by atoms with Crippen molar-refractivity contribution in [3.63, 3.8) is 0 Å². The van der Waals surface area contributed by atoms with Crippen molar-refractivity contribution in [1.82, 2.24) is 9.97 Å². The Morgan fingerprint density at radius 2 is 2.04 bits per heavy atom. The molecule has 0 saturated heterocycles. The van der Waals surface area contributed by atoms with Gasteiger partial charge >= 0.3 is 11.7 Å². The van der Waals surface area contributed by atoms with Gasteiger partial charge in [-0.25, -0.2) is 4.98 Å². The summed E-state index contributed by atoms with van der Waals surface area (Å²) in [4.78, 5) is 30.4. The van der Waals surface area contributed by atoms with Crippen LogP contribution in [0, 0.1) is 10.1 Å². The lowest BCUT2D eigenvalue weighted by Gasteiger charge is -2.22. The Morgan fingerprint density at radius 3 is 2.65 bits per heavy atom. The second kappa shape index (κ2) is 7.50. The normalized spacial score (nSPS) is 10.3. The molecule has 0 aliphatic carbocycles. The van der Waals surface area contributed by atoms with Gasteiger partial charge in [0.2, 0.25) is 11.1 Å². The molecule has 1 aromatic carbocycles. The van der Waals surface area contributed by atoms with E-state index in [2.05, 4.69) is 9.97 Å². The predicted molar refractivity (Wildman–Crippen MR) is 83.4 cm³/mol. The highest BCUT2D eigenvalue weighted by Gasteiger charge is 2.23. The Hall–Kier alpha value is -2.74. The van der Waals surface area contributed by atoms with E-state index in [1.54, 1.807) is 0 Å². The number of carbonyl (C=O) groups is 1. The summed E-state index contributed by atoms with van der Waals surface area (Å²) in [7, 11) is 0. The van der Waals surface area contributed by atoms with E-state index < -0.39 is 10.9 Å². The lowest BCUT2D eigenvalue weighted by molar-refractivity contribution is -0.384. The third-order valence-electron chi connectivity index (χ3n) is 3.03. The average molecular weight is 337 g/mol. The molecule has 8 nitrogen and oxygen atoms in total. The highest BCUT2D eigenvalue weighted by Crippen LogP contribution is 2.27. The molecule has 0 fully saturated rings. The maximum absolute atomic E-state index is 11.2. The molecular weight excluding hydrogens is 324 g/mol. The summed E-state index contributed by atoms with van der Waals surface area (Å²) in [5, 5.41) is 19.9. The van der Waals surface area contributed by atoms with Gasteiger partial charge in [0, 0.05) is 13.1 Å². The largest absolute Gasteiger partial charge is 0.481 e. The van der Waals surface area contributed by atoms with E-state index >= 15 is 0 Å². The van der Waals surface area contributed by atoms with Crippen LogP contribution < -0.4 is 4.90 Å². The minimum Gasteiger partial charge on any atom is -0.481 e. The fourth-order valence-electron chi connectivity index (χ4n) is 2.00. The quantitative estimate of drug-likeness (QED) is 0.470. The van der Waals surface area contributed by atoms with Gasteiger partial charge in [0.1, 0.15) is 6.20 Å². The van der Waals surface area contributed by atoms with Crippen LogP contribution in [0.2, 0.25) is 5.28 Å². The van der Waals surface area contributed by atoms with E-state index in [9.17, 15) is 14.9 Å². The maximum Gasteiger partial charge on any atom is 0.329 e. The topological polar surface area (TPSA) is 109 Å². The number of aliphatic carboxylic acids is 1. The van der Waals surface area contributed by atoms with Crippen LogP contribution in [-0.2, 0) is 11.3 Å². The number of carboxylic acid groups (broad SMARTS) is 1. The minimum absolute atomic E-state index is 0.0000954. The van der Waals surface area contributed by atoms with E-state index in [-0.39, 0.29) is 36.3 Å². The summed E-state index contributed by atoms with van der Waals surface area (Å²) in [6.07, 6.45) is 0.828. The molecule has 2 aromatic rings. The van der Waals surface area contributed by atoms with Crippen molar-refractivity contribution in [2.24, 2.45) is 0 Å². The molecule has 1 aromatic heterocycles. The fraction of sp³-hybridized carbons (Fsp3) is 0.214. The van der Waals surface area contributed by atoms with Crippen LogP contribution in [0.5, 0.6) is 0 Å². The maximum atomic E-state index is 11.2. The second-order valence-electron chi connectivity index (χ2n) is 4.66. The minimum atomic E-state index is -1.01. The third-order valence-corrected chi connectivity index (χ3v) is 3.21. The number of anilines is 1. The predicted octanol–water partition coefficient (Wildman–Crippen LogP) is 2.52. The van der Waals surface area contributed by atoms with Crippen LogP contribution in [0.3, 0.4) is 0 Å². The van der Waals surface area contributed by atoms with Crippen molar-refractivity contribution >= 4 is 29.1 Å². The number of rotatable bonds is 7. The number of nitro groups is 1. The summed E-state index contributed by atoms with van der Waals surface area (Å²) < 4.78 is 0. The molecule has 1 heterocycles. The van der Waals surface area contributed by atoms with E-state index in [0.717, 1.165) is 11.8 Å². The standard InChI is InChI=1S/C14H13ClN4O4/c15-14-16-8-11(19(22)23)13(17-14)18(7-6-12(20)21)9-10-4-2-1-3-5-10/h1-5,8H,6-7,9H2,(H,20,21). The molecule has 1 N–H and O–H groups in total. The molecule has 2 rings (SSSR count). The summed E-state index contributed by atoms with van der Waals surface area (Å²) in [6, 6.07) is 9.16. The van der Waals surface area contributed by atoms with Crippen molar-refractivity contribution in [3.05, 3.63) is 57.5 Å². The van der Waals surface area contributed by atoms with Gasteiger partial charge in [-0.2, -0.15) is 4.98 Å². The fourth-order valence-corrected chi connectivity index (χ4v) is 2.13. The first kappa shape index (κ1) is 16.6. The van der Waals surface area contributed by atoms with Crippen LogP contribution in [0.25, 0.3) is 0 Å². The summed E-state index contributed by atoms with van der Waals surface area (Å²) in [6.45, 7) is 0.320. The van der Waals surface area contributed by atoms with Crippen LogP contribution >= 0.6 is 11.6 Å². The third kappa shape index (κ3) is 4.62. The molecule has 0 saturated carbocycles. The van der Waals surface area contributed by atoms with Gasteiger partial charge in [-0.15, -0.1) is 0 Å². The second-order valence-corrected chi connectivity index (χ2v) is 4.99. The van der Waals surface area contributed by atoms with Crippen LogP contribution in [0.1, 0.15) is 12.0 Å². The average Bonchev–Trinajstić information content (AvgIpc) is 2.51. The molecular formula is C14H13ClN4O4. The van der Waals surface area contributed by atoms with Crippen molar-refractivity contribution in [2.45, 2.75) is 13.0 Å². The molecule has 0 bridgehead atoms. The molecule has 0 atom stereocenters.